The Morgan fingerprint density at radius 2 is 2.00 bits per heavy atom. The largest absolute Gasteiger partial charge is 0.351 e. The lowest BCUT2D eigenvalue weighted by Gasteiger charge is -2.34. The molecule has 1 aliphatic heterocycles. The van der Waals surface area contributed by atoms with E-state index in [0.717, 1.165) is 27.3 Å². The molecular formula is C21H29N3O2S. The first-order valence-corrected chi connectivity index (χ1v) is 10.2. The van der Waals surface area contributed by atoms with Gasteiger partial charge in [-0.25, -0.2) is 4.98 Å². The van der Waals surface area contributed by atoms with Crippen molar-refractivity contribution >= 4 is 39.1 Å². The van der Waals surface area contributed by atoms with Crippen LogP contribution in [-0.4, -0.2) is 28.9 Å². The van der Waals surface area contributed by atoms with E-state index < -0.39 is 0 Å². The van der Waals surface area contributed by atoms with Crippen molar-refractivity contribution in [3.63, 3.8) is 0 Å². The average Bonchev–Trinajstić information content (AvgIpc) is 3.05. The first kappa shape index (κ1) is 19.8. The molecule has 5 nitrogen and oxygen atoms in total. The molecule has 2 heterocycles. The minimum Gasteiger partial charge on any atom is -0.351 e. The maximum absolute atomic E-state index is 12.8. The molecule has 1 saturated heterocycles. The normalized spacial score (nSPS) is 18.4. The van der Waals surface area contributed by atoms with Crippen LogP contribution in [0.2, 0.25) is 0 Å². The quantitative estimate of drug-likeness (QED) is 0.851. The number of carbonyl (C=O) groups excluding carboxylic acids is 2. The Labute approximate surface area is 165 Å². The molecule has 1 aromatic carbocycles. The SMILES string of the molecule is Cc1nc2cc(N3CC(C(=O)NC(C)(C)CC(C)(C)C)CC3=O)ccc2s1. The number of amides is 2. The van der Waals surface area contributed by atoms with Gasteiger partial charge < -0.3 is 10.2 Å². The Morgan fingerprint density at radius 3 is 2.67 bits per heavy atom. The van der Waals surface area contributed by atoms with Crippen molar-refractivity contribution in [3.05, 3.63) is 23.2 Å². The summed E-state index contributed by atoms with van der Waals surface area (Å²) in [5.74, 6) is -0.356. The number of benzene rings is 1. The topological polar surface area (TPSA) is 62.3 Å². The first-order chi connectivity index (χ1) is 12.4. The van der Waals surface area contributed by atoms with Gasteiger partial charge in [0.25, 0.3) is 0 Å². The first-order valence-electron chi connectivity index (χ1n) is 9.43. The minimum atomic E-state index is -0.315. The van der Waals surface area contributed by atoms with E-state index in [9.17, 15) is 9.59 Å². The molecule has 0 bridgehead atoms. The third-order valence-electron chi connectivity index (χ3n) is 4.72. The van der Waals surface area contributed by atoms with Crippen molar-refractivity contribution in [1.29, 1.82) is 0 Å². The molecule has 1 N–H and O–H groups in total. The zero-order chi connectivity index (χ0) is 20.0. The Hall–Kier alpha value is -1.95. The monoisotopic (exact) mass is 387 g/mol. The molecule has 27 heavy (non-hydrogen) atoms. The van der Waals surface area contributed by atoms with Crippen molar-refractivity contribution in [2.24, 2.45) is 11.3 Å². The summed E-state index contributed by atoms with van der Waals surface area (Å²) in [6.45, 7) is 13.0. The van der Waals surface area contributed by atoms with Gasteiger partial charge in [0.1, 0.15) is 0 Å². The van der Waals surface area contributed by atoms with Crippen LogP contribution in [0.15, 0.2) is 18.2 Å². The number of nitrogens with zero attached hydrogens (tertiary/aromatic N) is 2. The molecule has 1 fully saturated rings. The number of thiazole rings is 1. The summed E-state index contributed by atoms with van der Waals surface area (Å²) in [6, 6.07) is 5.89. The number of hydrogen-bond acceptors (Lipinski definition) is 4. The Bertz CT molecular complexity index is 879. The summed E-state index contributed by atoms with van der Waals surface area (Å²) < 4.78 is 1.11. The highest BCUT2D eigenvalue weighted by atomic mass is 32.1. The second kappa shape index (κ2) is 6.89. The number of aryl methyl sites for hydroxylation is 1. The molecule has 0 radical (unpaired) electrons. The van der Waals surface area contributed by atoms with E-state index in [1.165, 1.54) is 0 Å². The van der Waals surface area contributed by atoms with Crippen LogP contribution >= 0.6 is 11.3 Å². The Kier molecular flexibility index (Phi) is 5.06. The van der Waals surface area contributed by atoms with Crippen LogP contribution in [0.5, 0.6) is 0 Å². The lowest BCUT2D eigenvalue weighted by molar-refractivity contribution is -0.128. The second-order valence-corrected chi connectivity index (χ2v) is 10.6. The van der Waals surface area contributed by atoms with Crippen LogP contribution in [0.3, 0.4) is 0 Å². The molecule has 0 aliphatic carbocycles. The summed E-state index contributed by atoms with van der Waals surface area (Å²) >= 11 is 1.64. The van der Waals surface area contributed by atoms with E-state index in [4.69, 9.17) is 0 Å². The van der Waals surface area contributed by atoms with E-state index in [-0.39, 0.29) is 35.1 Å². The van der Waals surface area contributed by atoms with Crippen LogP contribution in [0.1, 0.15) is 52.5 Å². The number of aromatic nitrogens is 1. The van der Waals surface area contributed by atoms with Gasteiger partial charge in [0.15, 0.2) is 0 Å². The highest BCUT2D eigenvalue weighted by Gasteiger charge is 2.37. The Balaban J connectivity index is 1.71. The van der Waals surface area contributed by atoms with Gasteiger partial charge in [-0.1, -0.05) is 20.8 Å². The smallest absolute Gasteiger partial charge is 0.227 e. The standard InChI is InChI=1S/C21H29N3O2S/c1-13-22-16-10-15(7-8-17(16)27-13)24-11-14(9-18(24)25)19(26)23-21(5,6)12-20(2,3)4/h7-8,10,14H,9,11-12H2,1-6H3,(H,23,26). The van der Waals surface area contributed by atoms with E-state index in [0.29, 0.717) is 6.54 Å². The third kappa shape index (κ3) is 4.67. The molecule has 6 heteroatoms. The third-order valence-corrected chi connectivity index (χ3v) is 5.67. The molecule has 0 saturated carbocycles. The summed E-state index contributed by atoms with van der Waals surface area (Å²) in [5, 5.41) is 4.16. The van der Waals surface area contributed by atoms with Crippen molar-refractivity contribution in [2.75, 3.05) is 11.4 Å². The number of carbonyl (C=O) groups is 2. The molecule has 1 atom stereocenters. The van der Waals surface area contributed by atoms with Gasteiger partial charge in [-0.05, 0) is 50.8 Å². The maximum atomic E-state index is 12.8. The summed E-state index contributed by atoms with van der Waals surface area (Å²) in [6.07, 6.45) is 1.13. The van der Waals surface area contributed by atoms with Crippen molar-refractivity contribution in [3.8, 4) is 0 Å². The van der Waals surface area contributed by atoms with Gasteiger partial charge in [0, 0.05) is 24.2 Å². The number of anilines is 1. The summed E-state index contributed by atoms with van der Waals surface area (Å²) in [7, 11) is 0. The predicted molar refractivity (Wildman–Crippen MR) is 111 cm³/mol. The number of hydrogen-bond donors (Lipinski definition) is 1. The van der Waals surface area contributed by atoms with Gasteiger partial charge in [-0.2, -0.15) is 0 Å². The number of fused-ring (bicyclic) bond motifs is 1. The molecule has 1 unspecified atom stereocenters. The highest BCUT2D eigenvalue weighted by molar-refractivity contribution is 7.18. The highest BCUT2D eigenvalue weighted by Crippen LogP contribution is 2.31. The Morgan fingerprint density at radius 1 is 1.30 bits per heavy atom. The molecule has 3 rings (SSSR count). The maximum Gasteiger partial charge on any atom is 0.227 e. The second-order valence-electron chi connectivity index (χ2n) is 9.40. The fraction of sp³-hybridized carbons (Fsp3) is 0.571. The van der Waals surface area contributed by atoms with Gasteiger partial charge in [0.2, 0.25) is 11.8 Å². The minimum absolute atomic E-state index is 0.00456. The molecule has 0 spiro atoms. The van der Waals surface area contributed by atoms with E-state index >= 15 is 0 Å². The van der Waals surface area contributed by atoms with Crippen LogP contribution in [0.4, 0.5) is 5.69 Å². The van der Waals surface area contributed by atoms with Crippen LogP contribution in [0, 0.1) is 18.3 Å². The summed E-state index contributed by atoms with van der Waals surface area (Å²) in [5.41, 5.74) is 1.54. The van der Waals surface area contributed by atoms with Gasteiger partial charge >= 0.3 is 0 Å². The van der Waals surface area contributed by atoms with Crippen LogP contribution in [0.25, 0.3) is 10.2 Å². The van der Waals surface area contributed by atoms with Gasteiger partial charge in [-0.3, -0.25) is 9.59 Å². The van der Waals surface area contributed by atoms with Crippen molar-refractivity contribution in [2.45, 2.75) is 59.9 Å². The molecule has 2 aromatic rings. The van der Waals surface area contributed by atoms with E-state index in [1.807, 2.05) is 39.0 Å². The lowest BCUT2D eigenvalue weighted by Crippen LogP contribution is -2.48. The van der Waals surface area contributed by atoms with Crippen molar-refractivity contribution in [1.82, 2.24) is 10.3 Å². The van der Waals surface area contributed by atoms with Crippen molar-refractivity contribution < 1.29 is 9.59 Å². The fourth-order valence-electron chi connectivity index (χ4n) is 4.14. The fourth-order valence-corrected chi connectivity index (χ4v) is 4.94. The summed E-state index contributed by atoms with van der Waals surface area (Å²) in [4.78, 5) is 31.6. The van der Waals surface area contributed by atoms with Crippen LogP contribution < -0.4 is 10.2 Å². The lowest BCUT2D eigenvalue weighted by atomic mass is 9.81. The van der Waals surface area contributed by atoms with Gasteiger partial charge in [-0.15, -0.1) is 11.3 Å². The molecule has 1 aliphatic rings. The zero-order valence-electron chi connectivity index (χ0n) is 17.0. The number of rotatable bonds is 4. The van der Waals surface area contributed by atoms with E-state index in [2.05, 4.69) is 31.1 Å². The zero-order valence-corrected chi connectivity index (χ0v) is 17.9. The van der Waals surface area contributed by atoms with Gasteiger partial charge in [0.05, 0.1) is 21.1 Å². The molecular weight excluding hydrogens is 358 g/mol. The molecule has 2 amide bonds. The van der Waals surface area contributed by atoms with Crippen LogP contribution in [-0.2, 0) is 9.59 Å². The molecule has 1 aromatic heterocycles. The molecule has 146 valence electrons. The number of nitrogens with one attached hydrogen (secondary N) is 1. The van der Waals surface area contributed by atoms with E-state index in [1.54, 1.807) is 16.2 Å². The average molecular weight is 388 g/mol. The predicted octanol–water partition coefficient (Wildman–Crippen LogP) is 4.29.